The maximum Gasteiger partial charge on any atom is 0.305 e. The third kappa shape index (κ3) is 9.12. The second-order valence-corrected chi connectivity index (χ2v) is 3.20. The topological polar surface area (TPSA) is 26.3 Å². The van der Waals surface area contributed by atoms with Gasteiger partial charge in [-0.1, -0.05) is 19.3 Å². The molecule has 2 heteroatoms. The fourth-order valence-electron chi connectivity index (χ4n) is 1.20. The Morgan fingerprint density at radius 2 is 1.86 bits per heavy atom. The molecule has 0 saturated carbocycles. The molecule has 0 aromatic rings. The lowest BCUT2D eigenvalue weighted by Crippen LogP contribution is -1.98. The predicted octanol–water partition coefficient (Wildman–Crippen LogP) is 2.73. The normalized spacial score (nSPS) is 9.00. The molecule has 0 heterocycles. The molecule has 1 radical (unpaired) electrons. The molecule has 2 nitrogen and oxygen atoms in total. The minimum absolute atomic E-state index is 0.104. The van der Waals surface area contributed by atoms with Gasteiger partial charge in [0, 0.05) is 19.8 Å². The highest BCUT2D eigenvalue weighted by molar-refractivity contribution is 5.68. The van der Waals surface area contributed by atoms with Gasteiger partial charge in [0.25, 0.3) is 0 Å². The first-order chi connectivity index (χ1) is 6.81. The largest absolute Gasteiger partial charge is 0.469 e. The van der Waals surface area contributed by atoms with E-state index in [1.165, 1.54) is 20.0 Å². The molecule has 0 atom stereocenters. The van der Waals surface area contributed by atoms with E-state index in [9.17, 15) is 4.79 Å². The number of unbranched alkanes of at least 4 members (excludes halogenated alkanes) is 5. The number of hydrogen-bond acceptors (Lipinski definition) is 2. The lowest BCUT2D eigenvalue weighted by Gasteiger charge is -1.99. The Labute approximate surface area is 87.0 Å². The lowest BCUT2D eigenvalue weighted by molar-refractivity contribution is -0.140. The highest BCUT2D eigenvalue weighted by Crippen LogP contribution is 2.07. The molecule has 0 aliphatic heterocycles. The van der Waals surface area contributed by atoms with Crippen molar-refractivity contribution >= 4 is 5.97 Å². The summed E-state index contributed by atoms with van der Waals surface area (Å²) in [6.45, 7) is 3.45. The van der Waals surface area contributed by atoms with Crippen LogP contribution >= 0.6 is 0 Å². The molecule has 0 saturated heterocycles. The maximum atomic E-state index is 10.7. The van der Waals surface area contributed by atoms with Crippen molar-refractivity contribution in [3.05, 3.63) is 6.92 Å². The molecule has 79 valence electrons. The molecule has 0 aromatic heterocycles. The van der Waals surface area contributed by atoms with Crippen LogP contribution in [0.25, 0.3) is 0 Å². The van der Waals surface area contributed by atoms with E-state index in [-0.39, 0.29) is 5.97 Å². The monoisotopic (exact) mass is 195 g/mol. The van der Waals surface area contributed by atoms with E-state index in [1.807, 2.05) is 0 Å². The third-order valence-corrected chi connectivity index (χ3v) is 2.04. The zero-order chi connectivity index (χ0) is 10.6. The number of hydrogen-bond donors (Lipinski definition) is 0. The van der Waals surface area contributed by atoms with Crippen LogP contribution < -0.4 is 0 Å². The Hall–Kier alpha value is -0.970. The summed E-state index contributed by atoms with van der Waals surface area (Å²) in [6.07, 6.45) is 7.04. The van der Waals surface area contributed by atoms with Crippen LogP contribution in [0.1, 0.15) is 44.9 Å². The Morgan fingerprint density at radius 1 is 1.21 bits per heavy atom. The Morgan fingerprint density at radius 3 is 2.50 bits per heavy atom. The second kappa shape index (κ2) is 10.1. The Kier molecular flexibility index (Phi) is 9.41. The van der Waals surface area contributed by atoms with Crippen molar-refractivity contribution in [2.24, 2.45) is 0 Å². The molecular weight excluding hydrogens is 176 g/mol. The molecular formula is C12H19O2. The molecule has 0 aliphatic carbocycles. The highest BCUT2D eigenvalue weighted by Gasteiger charge is 1.98. The van der Waals surface area contributed by atoms with Crippen LogP contribution in [0, 0.1) is 18.8 Å². The van der Waals surface area contributed by atoms with Crippen molar-refractivity contribution in [1.29, 1.82) is 0 Å². The second-order valence-electron chi connectivity index (χ2n) is 3.20. The van der Waals surface area contributed by atoms with Gasteiger partial charge in [-0.3, -0.25) is 4.79 Å². The van der Waals surface area contributed by atoms with Gasteiger partial charge < -0.3 is 4.74 Å². The molecule has 0 unspecified atom stereocenters. The first-order valence-corrected chi connectivity index (χ1v) is 5.13. The smallest absolute Gasteiger partial charge is 0.305 e. The van der Waals surface area contributed by atoms with Gasteiger partial charge in [-0.2, -0.15) is 0 Å². The van der Waals surface area contributed by atoms with Crippen LogP contribution in [-0.4, -0.2) is 13.1 Å². The summed E-state index contributed by atoms with van der Waals surface area (Å²) in [7, 11) is 1.43. The van der Waals surface area contributed by atoms with Crippen LogP contribution in [0.2, 0.25) is 0 Å². The van der Waals surface area contributed by atoms with E-state index < -0.39 is 0 Å². The van der Waals surface area contributed by atoms with E-state index in [1.54, 1.807) is 0 Å². The van der Waals surface area contributed by atoms with Gasteiger partial charge in [-0.15, -0.1) is 11.8 Å². The van der Waals surface area contributed by atoms with Crippen LogP contribution in [0.3, 0.4) is 0 Å². The lowest BCUT2D eigenvalue weighted by atomic mass is 10.1. The molecule has 0 bridgehead atoms. The quantitative estimate of drug-likeness (QED) is 0.355. The van der Waals surface area contributed by atoms with E-state index in [4.69, 9.17) is 0 Å². The van der Waals surface area contributed by atoms with Crippen LogP contribution in [0.4, 0.5) is 0 Å². The minimum atomic E-state index is -0.104. The molecule has 0 amide bonds. The zero-order valence-electron chi connectivity index (χ0n) is 8.97. The van der Waals surface area contributed by atoms with Crippen molar-refractivity contribution in [2.75, 3.05) is 7.11 Å². The molecule has 0 aliphatic rings. The van der Waals surface area contributed by atoms with Gasteiger partial charge in [0.15, 0.2) is 0 Å². The first-order valence-electron chi connectivity index (χ1n) is 5.13. The van der Waals surface area contributed by atoms with Crippen molar-refractivity contribution in [3.63, 3.8) is 0 Å². The van der Waals surface area contributed by atoms with E-state index >= 15 is 0 Å². The number of rotatable bonds is 7. The average molecular weight is 195 g/mol. The van der Waals surface area contributed by atoms with Gasteiger partial charge >= 0.3 is 5.97 Å². The number of methoxy groups -OCH3 is 1. The standard InChI is InChI=1S/C12H19O2/c1-3-4-5-6-7-8-9-10-11-12(13)14-2/h1,5-11H2,2H3. The summed E-state index contributed by atoms with van der Waals surface area (Å²) in [5.41, 5.74) is 0. The van der Waals surface area contributed by atoms with E-state index in [0.717, 1.165) is 25.7 Å². The molecule has 0 spiro atoms. The molecule has 0 N–H and O–H groups in total. The molecule has 0 aromatic carbocycles. The van der Waals surface area contributed by atoms with Gasteiger partial charge in [-0.05, 0) is 12.8 Å². The third-order valence-electron chi connectivity index (χ3n) is 2.04. The van der Waals surface area contributed by atoms with E-state index in [2.05, 4.69) is 23.5 Å². The summed E-state index contributed by atoms with van der Waals surface area (Å²) in [6, 6.07) is 0. The van der Waals surface area contributed by atoms with Crippen LogP contribution in [-0.2, 0) is 9.53 Å². The summed E-state index contributed by atoms with van der Waals surface area (Å²) < 4.78 is 4.55. The van der Waals surface area contributed by atoms with Crippen LogP contribution in [0.5, 0.6) is 0 Å². The summed E-state index contributed by atoms with van der Waals surface area (Å²) in [5.74, 6) is 5.46. The SMILES string of the molecule is [CH2]C#CCCCCCCCC(=O)OC. The first kappa shape index (κ1) is 13.0. The molecule has 0 fully saturated rings. The highest BCUT2D eigenvalue weighted by atomic mass is 16.5. The van der Waals surface area contributed by atoms with Gasteiger partial charge in [0.05, 0.1) is 7.11 Å². The fourth-order valence-corrected chi connectivity index (χ4v) is 1.20. The number of ether oxygens (including phenoxy) is 1. The van der Waals surface area contributed by atoms with Crippen molar-refractivity contribution in [3.8, 4) is 11.8 Å². The van der Waals surface area contributed by atoms with Crippen molar-refractivity contribution < 1.29 is 9.53 Å². The fraction of sp³-hybridized carbons (Fsp3) is 0.667. The summed E-state index contributed by atoms with van der Waals surface area (Å²) >= 11 is 0. The Bertz CT molecular complexity index is 198. The van der Waals surface area contributed by atoms with Crippen molar-refractivity contribution in [2.45, 2.75) is 44.9 Å². The minimum Gasteiger partial charge on any atom is -0.469 e. The maximum absolute atomic E-state index is 10.7. The number of esters is 1. The molecule has 14 heavy (non-hydrogen) atoms. The van der Waals surface area contributed by atoms with E-state index in [0.29, 0.717) is 6.42 Å². The number of carbonyl (C=O) groups is 1. The Balaban J connectivity index is 3.05. The van der Waals surface area contributed by atoms with Gasteiger partial charge in [0.2, 0.25) is 0 Å². The van der Waals surface area contributed by atoms with Gasteiger partial charge in [0.1, 0.15) is 0 Å². The predicted molar refractivity (Wildman–Crippen MR) is 57.5 cm³/mol. The van der Waals surface area contributed by atoms with Gasteiger partial charge in [-0.25, -0.2) is 0 Å². The van der Waals surface area contributed by atoms with Crippen LogP contribution in [0.15, 0.2) is 0 Å². The number of carbonyl (C=O) groups excluding carboxylic acids is 1. The molecule has 0 rings (SSSR count). The summed E-state index contributed by atoms with van der Waals surface area (Å²) in [4.78, 5) is 10.7. The zero-order valence-corrected chi connectivity index (χ0v) is 8.97. The van der Waals surface area contributed by atoms with Crippen molar-refractivity contribution in [1.82, 2.24) is 0 Å². The summed E-state index contributed by atoms with van der Waals surface area (Å²) in [5, 5.41) is 0. The average Bonchev–Trinajstić information content (AvgIpc) is 2.21.